The summed E-state index contributed by atoms with van der Waals surface area (Å²) in [6, 6.07) is 6.91. The molecule has 0 aliphatic carbocycles. The lowest BCUT2D eigenvalue weighted by Gasteiger charge is -2.26. The molecule has 3 aromatic rings. The van der Waals surface area contributed by atoms with Gasteiger partial charge in [0.05, 0.1) is 35.2 Å². The van der Waals surface area contributed by atoms with E-state index in [0.717, 1.165) is 12.1 Å². The number of sulfonamides is 1. The number of nitrogens with zero attached hydrogens (tertiary/aromatic N) is 4. The number of fused-ring (bicyclic) bond motifs is 1. The summed E-state index contributed by atoms with van der Waals surface area (Å²) in [4.78, 5) is 26.7. The number of hydrogen-bond acceptors (Lipinski definition) is 9. The first-order valence-electron chi connectivity index (χ1n) is 9.79. The molecule has 1 aliphatic heterocycles. The number of furan rings is 1. The number of ether oxygens (including phenoxy) is 2. The Labute approximate surface area is 182 Å². The summed E-state index contributed by atoms with van der Waals surface area (Å²) in [5.74, 6) is -1.33. The van der Waals surface area contributed by atoms with Gasteiger partial charge in [-0.1, -0.05) is 0 Å². The van der Waals surface area contributed by atoms with Gasteiger partial charge in [0.15, 0.2) is 0 Å². The van der Waals surface area contributed by atoms with Crippen LogP contribution >= 0.6 is 0 Å². The number of esters is 1. The number of morpholine rings is 1. The Bertz CT molecular complexity index is 1270. The van der Waals surface area contributed by atoms with Crippen LogP contribution < -0.4 is 0 Å². The van der Waals surface area contributed by atoms with E-state index in [1.165, 1.54) is 16.4 Å². The van der Waals surface area contributed by atoms with Crippen molar-refractivity contribution < 1.29 is 32.0 Å². The molecule has 13 heteroatoms. The van der Waals surface area contributed by atoms with E-state index in [-0.39, 0.29) is 30.4 Å². The molecule has 0 radical (unpaired) electrons. The van der Waals surface area contributed by atoms with Crippen LogP contribution in [0, 0.1) is 10.1 Å². The third kappa shape index (κ3) is 4.09. The van der Waals surface area contributed by atoms with Crippen molar-refractivity contribution in [1.82, 2.24) is 13.9 Å². The standard InChI is InChI=1S/C19H20N4O8S/c1-2-22-15-4-3-13(32(27,28)21-7-9-29-10-8-21)11-14(15)20-17(22)12-30-19(24)16-5-6-18(31-16)23(25)26/h3-6,11H,2,7-10,12H2,1H3. The lowest BCUT2D eigenvalue weighted by atomic mass is 10.3. The molecule has 1 aliphatic rings. The molecule has 1 fully saturated rings. The predicted octanol–water partition coefficient (Wildman–Crippen LogP) is 1.94. The minimum absolute atomic E-state index is 0.124. The second-order valence-corrected chi connectivity index (χ2v) is 8.85. The molecule has 0 amide bonds. The molecule has 32 heavy (non-hydrogen) atoms. The van der Waals surface area contributed by atoms with Crippen LogP contribution in [0.5, 0.6) is 0 Å². The van der Waals surface area contributed by atoms with Gasteiger partial charge in [0, 0.05) is 19.6 Å². The van der Waals surface area contributed by atoms with Crippen LogP contribution in [0.4, 0.5) is 5.88 Å². The van der Waals surface area contributed by atoms with Crippen LogP contribution in [0.1, 0.15) is 23.3 Å². The summed E-state index contributed by atoms with van der Waals surface area (Å²) >= 11 is 0. The summed E-state index contributed by atoms with van der Waals surface area (Å²) in [7, 11) is -3.68. The van der Waals surface area contributed by atoms with E-state index < -0.39 is 26.8 Å². The van der Waals surface area contributed by atoms with Crippen molar-refractivity contribution in [2.24, 2.45) is 0 Å². The van der Waals surface area contributed by atoms with Gasteiger partial charge >= 0.3 is 11.9 Å². The highest BCUT2D eigenvalue weighted by atomic mass is 32.2. The largest absolute Gasteiger partial charge is 0.452 e. The normalized spacial score (nSPS) is 15.2. The van der Waals surface area contributed by atoms with Crippen LogP contribution in [0.15, 0.2) is 39.6 Å². The van der Waals surface area contributed by atoms with Crippen molar-refractivity contribution in [2.75, 3.05) is 26.3 Å². The Morgan fingerprint density at radius 1 is 1.25 bits per heavy atom. The van der Waals surface area contributed by atoms with E-state index in [1.54, 1.807) is 10.6 Å². The van der Waals surface area contributed by atoms with E-state index in [0.29, 0.717) is 36.6 Å². The molecular formula is C19H20N4O8S. The Kier molecular flexibility index (Phi) is 5.95. The molecule has 3 heterocycles. The Morgan fingerprint density at radius 2 is 2.00 bits per heavy atom. The van der Waals surface area contributed by atoms with Gasteiger partial charge in [-0.3, -0.25) is 10.1 Å². The maximum absolute atomic E-state index is 12.9. The molecule has 12 nitrogen and oxygen atoms in total. The molecule has 0 bridgehead atoms. The molecule has 0 atom stereocenters. The lowest BCUT2D eigenvalue weighted by Crippen LogP contribution is -2.40. The number of imidazole rings is 1. The molecule has 0 N–H and O–H groups in total. The van der Waals surface area contributed by atoms with E-state index in [2.05, 4.69) is 4.98 Å². The molecule has 1 saturated heterocycles. The fourth-order valence-electron chi connectivity index (χ4n) is 3.46. The molecular weight excluding hydrogens is 444 g/mol. The zero-order valence-electron chi connectivity index (χ0n) is 17.1. The Hall–Kier alpha value is -3.29. The van der Waals surface area contributed by atoms with Crippen LogP contribution in [0.25, 0.3) is 11.0 Å². The number of benzene rings is 1. The molecule has 0 unspecified atom stereocenters. The molecule has 4 rings (SSSR count). The smallest absolute Gasteiger partial charge is 0.433 e. The maximum Gasteiger partial charge on any atom is 0.433 e. The number of aromatic nitrogens is 2. The number of hydrogen-bond donors (Lipinski definition) is 0. The zero-order valence-corrected chi connectivity index (χ0v) is 17.9. The number of rotatable bonds is 7. The summed E-state index contributed by atoms with van der Waals surface area (Å²) in [6.07, 6.45) is 0. The van der Waals surface area contributed by atoms with Gasteiger partial charge < -0.3 is 18.5 Å². The first-order chi connectivity index (χ1) is 15.3. The number of carbonyl (C=O) groups excluding carboxylic acids is 1. The summed E-state index contributed by atoms with van der Waals surface area (Å²) < 4.78 is 44.3. The van der Waals surface area contributed by atoms with Crippen LogP contribution in [-0.2, 0) is 32.6 Å². The van der Waals surface area contributed by atoms with E-state index in [1.807, 2.05) is 6.92 Å². The molecule has 0 spiro atoms. The average molecular weight is 464 g/mol. The van der Waals surface area contributed by atoms with Gasteiger partial charge in [-0.2, -0.15) is 4.31 Å². The van der Waals surface area contributed by atoms with Crippen molar-refractivity contribution in [3.05, 3.63) is 52.0 Å². The second kappa shape index (κ2) is 8.68. The Morgan fingerprint density at radius 3 is 2.66 bits per heavy atom. The monoisotopic (exact) mass is 464 g/mol. The highest BCUT2D eigenvalue weighted by Gasteiger charge is 2.27. The fourth-order valence-corrected chi connectivity index (χ4v) is 4.88. The van der Waals surface area contributed by atoms with Crippen LogP contribution in [-0.4, -0.2) is 59.5 Å². The van der Waals surface area contributed by atoms with E-state index in [4.69, 9.17) is 13.9 Å². The molecule has 170 valence electrons. The first-order valence-corrected chi connectivity index (χ1v) is 11.2. The van der Waals surface area contributed by atoms with Crippen molar-refractivity contribution in [1.29, 1.82) is 0 Å². The second-order valence-electron chi connectivity index (χ2n) is 6.91. The van der Waals surface area contributed by atoms with E-state index in [9.17, 15) is 23.3 Å². The zero-order chi connectivity index (χ0) is 22.9. The van der Waals surface area contributed by atoms with Crippen LogP contribution in [0.2, 0.25) is 0 Å². The highest BCUT2D eigenvalue weighted by Crippen LogP contribution is 2.24. The van der Waals surface area contributed by atoms with Gasteiger partial charge in [0.25, 0.3) is 0 Å². The van der Waals surface area contributed by atoms with Crippen molar-refractivity contribution in [2.45, 2.75) is 25.0 Å². The quantitative estimate of drug-likeness (QED) is 0.291. The predicted molar refractivity (Wildman–Crippen MR) is 109 cm³/mol. The lowest BCUT2D eigenvalue weighted by molar-refractivity contribution is -0.402. The number of nitro groups is 1. The maximum atomic E-state index is 12.9. The number of carbonyl (C=O) groups is 1. The van der Waals surface area contributed by atoms with E-state index >= 15 is 0 Å². The van der Waals surface area contributed by atoms with Gasteiger partial charge in [-0.25, -0.2) is 18.2 Å². The highest BCUT2D eigenvalue weighted by molar-refractivity contribution is 7.89. The van der Waals surface area contributed by atoms with Crippen LogP contribution in [0.3, 0.4) is 0 Å². The van der Waals surface area contributed by atoms with Gasteiger partial charge in [0.2, 0.25) is 15.8 Å². The minimum atomic E-state index is -3.68. The third-order valence-corrected chi connectivity index (χ3v) is 6.92. The third-order valence-electron chi connectivity index (χ3n) is 5.03. The summed E-state index contributed by atoms with van der Waals surface area (Å²) in [6.45, 7) is 3.43. The Balaban J connectivity index is 1.57. The van der Waals surface area contributed by atoms with Crippen molar-refractivity contribution >= 4 is 32.9 Å². The SMILES string of the molecule is CCn1c(COC(=O)c2ccc([N+](=O)[O-])o2)nc2cc(S(=O)(=O)N3CCOCC3)ccc21. The topological polar surface area (TPSA) is 147 Å². The fraction of sp³-hybridized carbons (Fsp3) is 0.368. The van der Waals surface area contributed by atoms with Crippen molar-refractivity contribution in [3.63, 3.8) is 0 Å². The van der Waals surface area contributed by atoms with Gasteiger partial charge in [0.1, 0.15) is 17.4 Å². The van der Waals surface area contributed by atoms with Gasteiger partial charge in [-0.15, -0.1) is 0 Å². The summed E-state index contributed by atoms with van der Waals surface area (Å²) in [5, 5.41) is 10.7. The first kappa shape index (κ1) is 21.9. The number of aryl methyl sites for hydroxylation is 1. The molecule has 2 aromatic heterocycles. The molecule has 1 aromatic carbocycles. The molecule has 0 saturated carbocycles. The average Bonchev–Trinajstić information content (AvgIpc) is 3.42. The van der Waals surface area contributed by atoms with Crippen molar-refractivity contribution in [3.8, 4) is 0 Å². The van der Waals surface area contributed by atoms with Gasteiger partial charge in [-0.05, 0) is 31.2 Å². The minimum Gasteiger partial charge on any atom is -0.452 e. The summed E-state index contributed by atoms with van der Waals surface area (Å²) in [5.41, 5.74) is 1.13.